The molecule has 1 fully saturated rings. The fraction of sp³-hybridized carbons (Fsp3) is 0.500. The standard InChI is InChI=1S/C8H15NO2.C6H3N3O7/c1-2-11-8(10)7-3-5-9-6-4-7;10-6-4(8(13)14)1-3(7(11)12)2-5(6)9(15)16/h7,9H,2-6H2,1H3;1-2,10H. The molecule has 0 aromatic heterocycles. The molecule has 13 nitrogen and oxygen atoms in total. The molecule has 0 spiro atoms. The molecule has 1 aromatic carbocycles. The molecule has 27 heavy (non-hydrogen) atoms. The summed E-state index contributed by atoms with van der Waals surface area (Å²) < 4.78 is 4.91. The third-order valence-electron chi connectivity index (χ3n) is 3.62. The van der Waals surface area contributed by atoms with Gasteiger partial charge in [0.2, 0.25) is 0 Å². The van der Waals surface area contributed by atoms with Crippen molar-refractivity contribution in [2.75, 3.05) is 19.7 Å². The van der Waals surface area contributed by atoms with Crippen LogP contribution in [0.2, 0.25) is 0 Å². The van der Waals surface area contributed by atoms with Crippen LogP contribution in [-0.4, -0.2) is 45.5 Å². The van der Waals surface area contributed by atoms with Gasteiger partial charge in [0.25, 0.3) is 11.4 Å². The Hall–Kier alpha value is -3.35. The van der Waals surface area contributed by atoms with E-state index in [4.69, 9.17) is 9.84 Å². The number of hydrogen-bond donors (Lipinski definition) is 2. The van der Waals surface area contributed by atoms with Crippen molar-refractivity contribution in [3.63, 3.8) is 0 Å². The van der Waals surface area contributed by atoms with Crippen molar-refractivity contribution in [2.24, 2.45) is 5.92 Å². The van der Waals surface area contributed by atoms with Gasteiger partial charge in [-0.3, -0.25) is 35.1 Å². The zero-order chi connectivity index (χ0) is 20.6. The summed E-state index contributed by atoms with van der Waals surface area (Å²) in [7, 11) is 0. The first-order valence-corrected chi connectivity index (χ1v) is 7.86. The highest BCUT2D eigenvalue weighted by molar-refractivity contribution is 5.72. The highest BCUT2D eigenvalue weighted by Gasteiger charge is 2.30. The normalized spacial score (nSPS) is 13.8. The van der Waals surface area contributed by atoms with Gasteiger partial charge in [-0.2, -0.15) is 0 Å². The highest BCUT2D eigenvalue weighted by Crippen LogP contribution is 2.38. The number of phenolic OH excluding ortho intramolecular Hbond substituents is 1. The number of aromatic hydroxyl groups is 1. The number of rotatable bonds is 5. The molecule has 1 aliphatic rings. The molecule has 0 saturated carbocycles. The number of carbonyl (C=O) groups is 1. The van der Waals surface area contributed by atoms with Crippen molar-refractivity contribution < 1.29 is 29.4 Å². The van der Waals surface area contributed by atoms with Crippen LogP contribution in [0.25, 0.3) is 0 Å². The minimum Gasteiger partial charge on any atom is -0.497 e. The number of esters is 1. The lowest BCUT2D eigenvalue weighted by Gasteiger charge is -2.20. The average molecular weight is 386 g/mol. The van der Waals surface area contributed by atoms with Crippen molar-refractivity contribution in [1.82, 2.24) is 5.32 Å². The number of nitro benzene ring substituents is 3. The van der Waals surface area contributed by atoms with E-state index >= 15 is 0 Å². The van der Waals surface area contributed by atoms with Gasteiger partial charge >= 0.3 is 17.3 Å². The molecule has 0 amide bonds. The van der Waals surface area contributed by atoms with Crippen molar-refractivity contribution >= 4 is 23.0 Å². The number of carbonyl (C=O) groups excluding carboxylic acids is 1. The van der Waals surface area contributed by atoms with E-state index < -0.39 is 37.6 Å². The number of nitro groups is 3. The molecule has 0 aliphatic carbocycles. The Morgan fingerprint density at radius 3 is 1.96 bits per heavy atom. The number of hydrogen-bond acceptors (Lipinski definition) is 10. The molecule has 1 aliphatic heterocycles. The second-order valence-electron chi connectivity index (χ2n) is 5.38. The van der Waals surface area contributed by atoms with Crippen LogP contribution in [0, 0.1) is 36.3 Å². The third kappa shape index (κ3) is 6.14. The first kappa shape index (κ1) is 21.7. The third-order valence-corrected chi connectivity index (χ3v) is 3.62. The summed E-state index contributed by atoms with van der Waals surface area (Å²) in [6, 6.07) is 0.894. The number of piperidine rings is 1. The van der Waals surface area contributed by atoms with Gasteiger partial charge in [0, 0.05) is 0 Å². The Morgan fingerprint density at radius 1 is 1.11 bits per heavy atom. The molecule has 0 unspecified atom stereocenters. The van der Waals surface area contributed by atoms with Crippen LogP contribution in [0.1, 0.15) is 19.8 Å². The fourth-order valence-corrected chi connectivity index (χ4v) is 2.29. The van der Waals surface area contributed by atoms with E-state index in [1.54, 1.807) is 0 Å². The van der Waals surface area contributed by atoms with E-state index in [9.17, 15) is 35.1 Å². The molecule has 0 radical (unpaired) electrons. The Bertz CT molecular complexity index is 696. The van der Waals surface area contributed by atoms with Gasteiger partial charge in [0.1, 0.15) is 0 Å². The predicted molar refractivity (Wildman–Crippen MR) is 90.3 cm³/mol. The number of ether oxygens (including phenoxy) is 1. The van der Waals surface area contributed by atoms with Crippen LogP contribution < -0.4 is 5.32 Å². The van der Waals surface area contributed by atoms with E-state index in [0.29, 0.717) is 18.7 Å². The van der Waals surface area contributed by atoms with Crippen LogP contribution >= 0.6 is 0 Å². The molecule has 1 saturated heterocycles. The maximum absolute atomic E-state index is 11.1. The fourth-order valence-electron chi connectivity index (χ4n) is 2.29. The summed E-state index contributed by atoms with van der Waals surface area (Å²) >= 11 is 0. The summed E-state index contributed by atoms with van der Waals surface area (Å²) in [5.41, 5.74) is -3.00. The van der Waals surface area contributed by atoms with E-state index in [2.05, 4.69) is 5.32 Å². The molecule has 0 bridgehead atoms. The second-order valence-corrected chi connectivity index (χ2v) is 5.38. The van der Waals surface area contributed by atoms with E-state index in [-0.39, 0.29) is 11.9 Å². The van der Waals surface area contributed by atoms with Crippen molar-refractivity contribution in [2.45, 2.75) is 19.8 Å². The van der Waals surface area contributed by atoms with Crippen LogP contribution in [0.15, 0.2) is 12.1 Å². The van der Waals surface area contributed by atoms with Crippen molar-refractivity contribution in [3.05, 3.63) is 42.5 Å². The zero-order valence-electron chi connectivity index (χ0n) is 14.3. The van der Waals surface area contributed by atoms with Crippen LogP contribution in [0.4, 0.5) is 17.1 Å². The largest absolute Gasteiger partial charge is 0.497 e. The SMILES string of the molecule is CCOC(=O)C1CCNCC1.O=[N+]([O-])c1cc([N+](=O)[O-])c(O)c([N+](=O)[O-])c1. The van der Waals surface area contributed by atoms with E-state index in [0.717, 1.165) is 25.9 Å². The second kappa shape index (κ2) is 9.96. The number of nitrogens with one attached hydrogen (secondary N) is 1. The lowest BCUT2D eigenvalue weighted by Crippen LogP contribution is -2.32. The van der Waals surface area contributed by atoms with Gasteiger partial charge in [-0.25, -0.2) is 0 Å². The van der Waals surface area contributed by atoms with Crippen molar-refractivity contribution in [3.8, 4) is 5.75 Å². The van der Waals surface area contributed by atoms with Gasteiger partial charge in [-0.1, -0.05) is 0 Å². The average Bonchev–Trinajstić information content (AvgIpc) is 2.62. The molecule has 1 aromatic rings. The van der Waals surface area contributed by atoms with Gasteiger partial charge in [0.05, 0.1) is 39.4 Å². The smallest absolute Gasteiger partial charge is 0.324 e. The minimum atomic E-state index is -1.21. The van der Waals surface area contributed by atoms with Gasteiger partial charge in [-0.15, -0.1) is 0 Å². The molecule has 13 heteroatoms. The topological polar surface area (TPSA) is 188 Å². The molecule has 1 heterocycles. The van der Waals surface area contributed by atoms with Crippen LogP contribution in [0.5, 0.6) is 5.75 Å². The highest BCUT2D eigenvalue weighted by atomic mass is 16.6. The van der Waals surface area contributed by atoms with Crippen molar-refractivity contribution in [1.29, 1.82) is 0 Å². The van der Waals surface area contributed by atoms with Gasteiger partial charge in [0.15, 0.2) is 0 Å². The van der Waals surface area contributed by atoms with Gasteiger partial charge < -0.3 is 15.2 Å². The lowest BCUT2D eigenvalue weighted by atomic mass is 9.99. The summed E-state index contributed by atoms with van der Waals surface area (Å²) in [5, 5.41) is 43.4. The van der Waals surface area contributed by atoms with Crippen LogP contribution in [0.3, 0.4) is 0 Å². The summed E-state index contributed by atoms with van der Waals surface area (Å²) in [6.45, 7) is 4.24. The maximum Gasteiger partial charge on any atom is 0.324 e. The molecular formula is C14H18N4O9. The quantitative estimate of drug-likeness (QED) is 0.427. The Balaban J connectivity index is 0.000000289. The molecular weight excluding hydrogens is 368 g/mol. The predicted octanol–water partition coefficient (Wildman–Crippen LogP) is 1.67. The zero-order valence-corrected chi connectivity index (χ0v) is 14.3. The van der Waals surface area contributed by atoms with E-state index in [1.165, 1.54) is 0 Å². The summed E-state index contributed by atoms with van der Waals surface area (Å²) in [5.74, 6) is -1.08. The summed E-state index contributed by atoms with van der Waals surface area (Å²) in [6.07, 6.45) is 1.86. The molecule has 2 N–H and O–H groups in total. The minimum absolute atomic E-state index is 0.0194. The maximum atomic E-state index is 11.1. The summed E-state index contributed by atoms with van der Waals surface area (Å²) in [4.78, 5) is 38.9. The number of nitrogens with zero attached hydrogens (tertiary/aromatic N) is 3. The monoisotopic (exact) mass is 386 g/mol. The number of benzene rings is 1. The lowest BCUT2D eigenvalue weighted by molar-refractivity contribution is -0.404. The van der Waals surface area contributed by atoms with Gasteiger partial charge in [-0.05, 0) is 32.9 Å². The Morgan fingerprint density at radius 2 is 1.59 bits per heavy atom. The van der Waals surface area contributed by atoms with E-state index in [1.807, 2.05) is 6.92 Å². The first-order chi connectivity index (χ1) is 12.7. The Kier molecular flexibility index (Phi) is 8.00. The van der Waals surface area contributed by atoms with Crippen LogP contribution in [-0.2, 0) is 9.53 Å². The molecule has 2 rings (SSSR count). The number of non-ortho nitro benzene ring substituents is 1. The Labute approximate surface area is 152 Å². The molecule has 148 valence electrons. The molecule has 0 atom stereocenters. The number of phenols is 1. The first-order valence-electron chi connectivity index (χ1n) is 7.86.